The molecule has 4 nitrogen and oxygen atoms in total. The first-order valence-corrected chi connectivity index (χ1v) is 9.85. The van der Waals surface area contributed by atoms with Crippen molar-refractivity contribution in [3.05, 3.63) is 107 Å². The molecule has 1 heterocycles. The number of hydrogen-bond donors (Lipinski definition) is 1. The van der Waals surface area contributed by atoms with E-state index in [1.807, 2.05) is 24.3 Å². The Morgan fingerprint density at radius 3 is 2.22 bits per heavy atom. The molecule has 0 fully saturated rings. The Hall–Kier alpha value is -4.05. The van der Waals surface area contributed by atoms with Crippen LogP contribution in [0, 0.1) is 11.3 Å². The molecule has 0 bridgehead atoms. The number of nitrogens with one attached hydrogen (secondary N) is 1. The van der Waals surface area contributed by atoms with Gasteiger partial charge in [-0.05, 0) is 34.9 Å². The zero-order chi connectivity index (χ0) is 22.6. The van der Waals surface area contributed by atoms with Crippen LogP contribution in [0.15, 0.2) is 79.0 Å². The fraction of sp³-hybridized carbons (Fsp3) is 0.120. The normalized spacial score (nSPS) is 11.2. The van der Waals surface area contributed by atoms with Crippen molar-refractivity contribution < 1.29 is 17.9 Å². The molecule has 0 saturated heterocycles. The lowest BCUT2D eigenvalue weighted by atomic mass is 10.0. The van der Waals surface area contributed by atoms with Crippen molar-refractivity contribution in [3.63, 3.8) is 0 Å². The molecule has 1 N–H and O–H groups in total. The van der Waals surface area contributed by atoms with E-state index in [0.717, 1.165) is 22.6 Å². The van der Waals surface area contributed by atoms with Crippen LogP contribution < -0.4 is 4.74 Å². The summed E-state index contributed by atoms with van der Waals surface area (Å²) in [6, 6.07) is 22.8. The Labute approximate surface area is 182 Å². The molecular formula is C25H18F3N3O. The van der Waals surface area contributed by atoms with Gasteiger partial charge in [0.15, 0.2) is 0 Å². The van der Waals surface area contributed by atoms with Crippen molar-refractivity contribution >= 4 is 0 Å². The van der Waals surface area contributed by atoms with Crippen molar-refractivity contribution in [1.82, 2.24) is 9.97 Å². The number of aromatic amines is 1. The van der Waals surface area contributed by atoms with Gasteiger partial charge in [0.05, 0.1) is 11.6 Å². The summed E-state index contributed by atoms with van der Waals surface area (Å²) in [5, 5.41) is 8.88. The van der Waals surface area contributed by atoms with Gasteiger partial charge in [-0.25, -0.2) is 4.98 Å². The molecule has 4 rings (SSSR count). The molecule has 1 aromatic heterocycles. The number of ether oxygens (including phenoxy) is 1. The van der Waals surface area contributed by atoms with Gasteiger partial charge in [-0.1, -0.05) is 54.6 Å². The van der Waals surface area contributed by atoms with E-state index in [1.165, 1.54) is 12.1 Å². The van der Waals surface area contributed by atoms with E-state index in [9.17, 15) is 13.2 Å². The minimum Gasteiger partial charge on any atom is -0.405 e. The zero-order valence-electron chi connectivity index (χ0n) is 16.9. The monoisotopic (exact) mass is 433 g/mol. The molecule has 0 aliphatic carbocycles. The number of nitriles is 1. The molecule has 0 atom stereocenters. The van der Waals surface area contributed by atoms with Gasteiger partial charge in [-0.2, -0.15) is 5.26 Å². The summed E-state index contributed by atoms with van der Waals surface area (Å²) in [5.74, 6) is 0.563. The van der Waals surface area contributed by atoms with Gasteiger partial charge >= 0.3 is 6.36 Å². The van der Waals surface area contributed by atoms with Crippen LogP contribution in [0.25, 0.3) is 11.1 Å². The highest BCUT2D eigenvalue weighted by molar-refractivity contribution is 5.70. The number of hydrogen-bond acceptors (Lipinski definition) is 3. The van der Waals surface area contributed by atoms with Crippen molar-refractivity contribution in [1.29, 1.82) is 5.26 Å². The predicted octanol–water partition coefficient (Wildman–Crippen LogP) is 6.03. The van der Waals surface area contributed by atoms with Crippen LogP contribution >= 0.6 is 0 Å². The lowest BCUT2D eigenvalue weighted by molar-refractivity contribution is -0.274. The summed E-state index contributed by atoms with van der Waals surface area (Å²) >= 11 is 0. The van der Waals surface area contributed by atoms with Crippen LogP contribution in [0.4, 0.5) is 13.2 Å². The standard InChI is InChI=1S/C25H18F3N3O/c26-25(27,28)32-23-4-2-1-3-22(23)20-11-9-18(10-12-20)14-24-30-16-21(31-24)13-17-5-7-19(15-29)8-6-17/h1-12,16H,13-14H2,(H,30,31). The first-order chi connectivity index (χ1) is 15.4. The summed E-state index contributed by atoms with van der Waals surface area (Å²) in [4.78, 5) is 7.72. The average molecular weight is 433 g/mol. The third-order valence-electron chi connectivity index (χ3n) is 4.91. The molecule has 32 heavy (non-hydrogen) atoms. The van der Waals surface area contributed by atoms with E-state index >= 15 is 0 Å². The number of alkyl halides is 3. The Bertz CT molecular complexity index is 1240. The second-order valence-corrected chi connectivity index (χ2v) is 7.26. The van der Waals surface area contributed by atoms with Crippen LogP contribution in [-0.2, 0) is 12.8 Å². The Kier molecular flexibility index (Phi) is 5.95. The highest BCUT2D eigenvalue weighted by Crippen LogP contribution is 2.33. The van der Waals surface area contributed by atoms with Gasteiger partial charge in [0, 0.05) is 30.3 Å². The Morgan fingerprint density at radius 1 is 0.875 bits per heavy atom. The number of H-pyrrole nitrogens is 1. The van der Waals surface area contributed by atoms with E-state index in [1.54, 1.807) is 42.6 Å². The second-order valence-electron chi connectivity index (χ2n) is 7.26. The average Bonchev–Trinajstić information content (AvgIpc) is 3.21. The van der Waals surface area contributed by atoms with Crippen molar-refractivity contribution in [2.75, 3.05) is 0 Å². The molecule has 0 unspecified atom stereocenters. The van der Waals surface area contributed by atoms with Crippen molar-refractivity contribution in [2.24, 2.45) is 0 Å². The largest absolute Gasteiger partial charge is 0.573 e. The highest BCUT2D eigenvalue weighted by atomic mass is 19.4. The number of nitrogens with zero attached hydrogens (tertiary/aromatic N) is 2. The fourth-order valence-corrected chi connectivity index (χ4v) is 3.42. The minimum absolute atomic E-state index is 0.230. The lowest BCUT2D eigenvalue weighted by Gasteiger charge is -2.13. The van der Waals surface area contributed by atoms with E-state index in [4.69, 9.17) is 5.26 Å². The smallest absolute Gasteiger partial charge is 0.405 e. The summed E-state index contributed by atoms with van der Waals surface area (Å²) in [5.41, 5.74) is 4.63. The van der Waals surface area contributed by atoms with Gasteiger partial charge in [-0.15, -0.1) is 13.2 Å². The second kappa shape index (κ2) is 8.98. The molecule has 7 heteroatoms. The highest BCUT2D eigenvalue weighted by Gasteiger charge is 2.32. The summed E-state index contributed by atoms with van der Waals surface area (Å²) < 4.78 is 42.2. The quantitative estimate of drug-likeness (QED) is 0.404. The van der Waals surface area contributed by atoms with Gasteiger partial charge in [0.25, 0.3) is 0 Å². The van der Waals surface area contributed by atoms with Crippen LogP contribution in [0.3, 0.4) is 0 Å². The zero-order valence-corrected chi connectivity index (χ0v) is 16.9. The summed E-state index contributed by atoms with van der Waals surface area (Å²) in [6.07, 6.45) is -1.72. The molecule has 4 aromatic rings. The van der Waals surface area contributed by atoms with Crippen molar-refractivity contribution in [2.45, 2.75) is 19.2 Å². The number of aromatic nitrogens is 2. The van der Waals surface area contributed by atoms with E-state index < -0.39 is 6.36 Å². The molecule has 0 saturated carbocycles. The molecule has 3 aromatic carbocycles. The number of imidazole rings is 1. The van der Waals surface area contributed by atoms with Gasteiger partial charge < -0.3 is 9.72 Å². The first-order valence-electron chi connectivity index (χ1n) is 9.85. The maximum atomic E-state index is 12.7. The first kappa shape index (κ1) is 21.2. The summed E-state index contributed by atoms with van der Waals surface area (Å²) in [7, 11) is 0. The van der Waals surface area contributed by atoms with Gasteiger partial charge in [0.1, 0.15) is 11.6 Å². The number of halogens is 3. The number of benzene rings is 3. The van der Waals surface area contributed by atoms with Gasteiger partial charge in [0.2, 0.25) is 0 Å². The molecule has 0 amide bonds. The fourth-order valence-electron chi connectivity index (χ4n) is 3.42. The van der Waals surface area contributed by atoms with Crippen LogP contribution in [-0.4, -0.2) is 16.3 Å². The third kappa shape index (κ3) is 5.35. The van der Waals surface area contributed by atoms with E-state index in [-0.39, 0.29) is 5.75 Å². The molecule has 0 aliphatic heterocycles. The van der Waals surface area contributed by atoms with E-state index in [0.29, 0.717) is 29.5 Å². The topological polar surface area (TPSA) is 61.7 Å². The summed E-state index contributed by atoms with van der Waals surface area (Å²) in [6.45, 7) is 0. The molecular weight excluding hydrogens is 415 g/mol. The molecule has 160 valence electrons. The predicted molar refractivity (Wildman–Crippen MR) is 114 cm³/mol. The Balaban J connectivity index is 1.44. The van der Waals surface area contributed by atoms with E-state index in [2.05, 4.69) is 20.8 Å². The minimum atomic E-state index is -4.75. The molecule has 0 radical (unpaired) electrons. The molecule has 0 aliphatic rings. The number of para-hydroxylation sites is 1. The number of rotatable bonds is 6. The SMILES string of the molecule is N#Cc1ccc(Cc2cnc(Cc3ccc(-c4ccccc4OC(F)(F)F)cc3)[nH]2)cc1. The Morgan fingerprint density at radius 2 is 1.53 bits per heavy atom. The third-order valence-corrected chi connectivity index (χ3v) is 4.91. The van der Waals surface area contributed by atoms with Crippen LogP contribution in [0.5, 0.6) is 5.75 Å². The van der Waals surface area contributed by atoms with Crippen LogP contribution in [0.2, 0.25) is 0 Å². The molecule has 0 spiro atoms. The van der Waals surface area contributed by atoms with Crippen molar-refractivity contribution in [3.8, 4) is 22.9 Å². The van der Waals surface area contributed by atoms with Crippen LogP contribution in [0.1, 0.15) is 28.2 Å². The maximum Gasteiger partial charge on any atom is 0.573 e. The maximum absolute atomic E-state index is 12.7. The lowest BCUT2D eigenvalue weighted by Crippen LogP contribution is -2.17. The van der Waals surface area contributed by atoms with Gasteiger partial charge in [-0.3, -0.25) is 0 Å².